The van der Waals surface area contributed by atoms with Crippen molar-refractivity contribution in [1.82, 2.24) is 0 Å². The highest BCUT2D eigenvalue weighted by atomic mass is 32.2. The predicted octanol–water partition coefficient (Wildman–Crippen LogP) is 1.66. The van der Waals surface area contributed by atoms with Crippen LogP contribution in [-0.2, 0) is 4.74 Å². The topological polar surface area (TPSA) is 29.5 Å². The fourth-order valence-corrected chi connectivity index (χ4v) is 1.22. The van der Waals surface area contributed by atoms with Gasteiger partial charge in [-0.05, 0) is 6.08 Å². The Balaban J connectivity index is 2.68. The zero-order chi connectivity index (χ0) is 6.69. The van der Waals surface area contributed by atoms with E-state index in [0.29, 0.717) is 5.76 Å². The first-order chi connectivity index (χ1) is 4.34. The zero-order valence-electron chi connectivity index (χ0n) is 5.13. The van der Waals surface area contributed by atoms with Gasteiger partial charge in [0.25, 0.3) is 0 Å². The van der Waals surface area contributed by atoms with Gasteiger partial charge in [-0.15, -0.1) is 11.8 Å². The number of rotatable bonds is 1. The van der Waals surface area contributed by atoms with Gasteiger partial charge in [-0.3, -0.25) is 0 Å². The SMILES string of the molecule is COC1=CCSC=C1O. The highest BCUT2D eigenvalue weighted by molar-refractivity contribution is 8.02. The molecule has 3 heteroatoms. The van der Waals surface area contributed by atoms with Crippen LogP contribution in [0.5, 0.6) is 0 Å². The lowest BCUT2D eigenvalue weighted by molar-refractivity contribution is 0.256. The number of aliphatic hydroxyl groups is 1. The van der Waals surface area contributed by atoms with E-state index in [1.807, 2.05) is 6.08 Å². The molecule has 0 atom stereocenters. The van der Waals surface area contributed by atoms with Crippen molar-refractivity contribution in [2.24, 2.45) is 0 Å². The van der Waals surface area contributed by atoms with Gasteiger partial charge in [0.1, 0.15) is 0 Å². The molecule has 0 aromatic heterocycles. The Hall–Kier alpha value is -0.570. The van der Waals surface area contributed by atoms with Gasteiger partial charge in [-0.2, -0.15) is 0 Å². The van der Waals surface area contributed by atoms with Crippen LogP contribution < -0.4 is 0 Å². The molecule has 2 nitrogen and oxygen atoms in total. The van der Waals surface area contributed by atoms with Gasteiger partial charge in [0, 0.05) is 11.2 Å². The lowest BCUT2D eigenvalue weighted by Crippen LogP contribution is -1.95. The van der Waals surface area contributed by atoms with E-state index in [1.165, 1.54) is 0 Å². The minimum atomic E-state index is 0.230. The van der Waals surface area contributed by atoms with E-state index < -0.39 is 0 Å². The lowest BCUT2D eigenvalue weighted by Gasteiger charge is -2.07. The summed E-state index contributed by atoms with van der Waals surface area (Å²) < 4.78 is 4.83. The van der Waals surface area contributed by atoms with Gasteiger partial charge in [0.15, 0.2) is 11.5 Å². The molecule has 1 aliphatic heterocycles. The molecule has 0 radical (unpaired) electrons. The Morgan fingerprint density at radius 3 is 3.00 bits per heavy atom. The number of methoxy groups -OCH3 is 1. The van der Waals surface area contributed by atoms with Crippen LogP contribution in [0.3, 0.4) is 0 Å². The molecule has 0 bridgehead atoms. The molecule has 0 unspecified atom stereocenters. The van der Waals surface area contributed by atoms with Crippen molar-refractivity contribution in [2.45, 2.75) is 0 Å². The van der Waals surface area contributed by atoms with E-state index in [1.54, 1.807) is 24.3 Å². The maximum absolute atomic E-state index is 9.02. The molecule has 0 fully saturated rings. The monoisotopic (exact) mass is 144 g/mol. The van der Waals surface area contributed by atoms with Crippen LogP contribution in [0.4, 0.5) is 0 Å². The van der Waals surface area contributed by atoms with Crippen LogP contribution in [0, 0.1) is 0 Å². The molecular weight excluding hydrogens is 136 g/mol. The second kappa shape index (κ2) is 2.82. The summed E-state index contributed by atoms with van der Waals surface area (Å²) in [4.78, 5) is 0. The Kier molecular flexibility index (Phi) is 2.05. The summed E-state index contributed by atoms with van der Waals surface area (Å²) in [5.74, 6) is 1.69. The third kappa shape index (κ3) is 1.42. The van der Waals surface area contributed by atoms with Crippen LogP contribution in [0.25, 0.3) is 0 Å². The molecule has 0 aromatic rings. The van der Waals surface area contributed by atoms with Crippen LogP contribution >= 0.6 is 11.8 Å². The van der Waals surface area contributed by atoms with Crippen molar-refractivity contribution < 1.29 is 9.84 Å². The standard InChI is InChI=1S/C6H8O2S/c1-8-6-2-3-9-4-5(6)7/h2,4,7H,3H2,1H3. The van der Waals surface area contributed by atoms with Crippen LogP contribution in [0.15, 0.2) is 23.0 Å². The molecule has 1 rings (SSSR count). The maximum atomic E-state index is 9.02. The highest BCUT2D eigenvalue weighted by Crippen LogP contribution is 2.19. The fraction of sp³-hybridized carbons (Fsp3) is 0.333. The van der Waals surface area contributed by atoms with Crippen molar-refractivity contribution in [3.05, 3.63) is 23.0 Å². The minimum absolute atomic E-state index is 0.230. The Morgan fingerprint density at radius 1 is 1.78 bits per heavy atom. The Labute approximate surface area is 58.2 Å². The van der Waals surface area contributed by atoms with Crippen molar-refractivity contribution >= 4 is 11.8 Å². The predicted molar refractivity (Wildman–Crippen MR) is 38.3 cm³/mol. The molecule has 1 N–H and O–H groups in total. The number of aliphatic hydroxyl groups excluding tert-OH is 1. The van der Waals surface area contributed by atoms with Crippen LogP contribution in [0.1, 0.15) is 0 Å². The van der Waals surface area contributed by atoms with E-state index in [4.69, 9.17) is 9.84 Å². The molecule has 0 aliphatic carbocycles. The van der Waals surface area contributed by atoms with Gasteiger partial charge in [-0.25, -0.2) is 0 Å². The second-order valence-corrected chi connectivity index (χ2v) is 2.51. The van der Waals surface area contributed by atoms with Crippen LogP contribution in [-0.4, -0.2) is 18.0 Å². The smallest absolute Gasteiger partial charge is 0.163 e. The van der Waals surface area contributed by atoms with Crippen molar-refractivity contribution in [1.29, 1.82) is 0 Å². The first-order valence-corrected chi connectivity index (χ1v) is 3.64. The largest absolute Gasteiger partial charge is 0.504 e. The molecule has 1 aliphatic rings. The quantitative estimate of drug-likeness (QED) is 0.607. The van der Waals surface area contributed by atoms with E-state index in [-0.39, 0.29) is 5.76 Å². The number of hydrogen-bond donors (Lipinski definition) is 1. The van der Waals surface area contributed by atoms with Gasteiger partial charge < -0.3 is 9.84 Å². The molecule has 0 spiro atoms. The first kappa shape index (κ1) is 6.55. The Morgan fingerprint density at radius 2 is 2.56 bits per heavy atom. The number of hydrogen-bond acceptors (Lipinski definition) is 3. The third-order valence-electron chi connectivity index (χ3n) is 1.03. The summed E-state index contributed by atoms with van der Waals surface area (Å²) in [5.41, 5.74) is 0. The maximum Gasteiger partial charge on any atom is 0.163 e. The van der Waals surface area contributed by atoms with Gasteiger partial charge in [0.05, 0.1) is 7.11 Å². The molecule has 0 amide bonds. The van der Waals surface area contributed by atoms with Crippen molar-refractivity contribution in [3.63, 3.8) is 0 Å². The fourth-order valence-electron chi connectivity index (χ4n) is 0.601. The molecule has 0 aromatic carbocycles. The first-order valence-electron chi connectivity index (χ1n) is 2.60. The summed E-state index contributed by atoms with van der Waals surface area (Å²) >= 11 is 1.55. The van der Waals surface area contributed by atoms with E-state index >= 15 is 0 Å². The third-order valence-corrected chi connectivity index (χ3v) is 1.78. The highest BCUT2D eigenvalue weighted by Gasteiger charge is 2.05. The average Bonchev–Trinajstić information content (AvgIpc) is 1.89. The zero-order valence-corrected chi connectivity index (χ0v) is 5.94. The Bertz CT molecular complexity index is 160. The summed E-state index contributed by atoms with van der Waals surface area (Å²) in [6.45, 7) is 0. The molecular formula is C6H8O2S. The van der Waals surface area contributed by atoms with E-state index in [9.17, 15) is 0 Å². The summed E-state index contributed by atoms with van der Waals surface area (Å²) in [6.07, 6.45) is 1.85. The van der Waals surface area contributed by atoms with Crippen molar-refractivity contribution in [3.8, 4) is 0 Å². The number of thioether (sulfide) groups is 1. The molecule has 9 heavy (non-hydrogen) atoms. The number of ether oxygens (including phenoxy) is 1. The summed E-state index contributed by atoms with van der Waals surface area (Å²) in [6, 6.07) is 0. The molecule has 50 valence electrons. The second-order valence-electron chi connectivity index (χ2n) is 1.61. The van der Waals surface area contributed by atoms with Gasteiger partial charge >= 0.3 is 0 Å². The molecule has 1 heterocycles. The minimum Gasteiger partial charge on any atom is -0.504 e. The van der Waals surface area contributed by atoms with Gasteiger partial charge in [-0.1, -0.05) is 0 Å². The van der Waals surface area contributed by atoms with Gasteiger partial charge in [0.2, 0.25) is 0 Å². The normalized spacial score (nSPS) is 18.3. The van der Waals surface area contributed by atoms with E-state index in [0.717, 1.165) is 5.75 Å². The average molecular weight is 144 g/mol. The summed E-state index contributed by atoms with van der Waals surface area (Å²) in [7, 11) is 1.55. The lowest BCUT2D eigenvalue weighted by atomic mass is 10.4. The van der Waals surface area contributed by atoms with Crippen molar-refractivity contribution in [2.75, 3.05) is 12.9 Å². The van der Waals surface area contributed by atoms with Crippen LogP contribution in [0.2, 0.25) is 0 Å². The molecule has 0 saturated heterocycles. The summed E-state index contributed by atoms with van der Waals surface area (Å²) in [5, 5.41) is 10.7. The van der Waals surface area contributed by atoms with E-state index in [2.05, 4.69) is 0 Å². The molecule has 0 saturated carbocycles.